The highest BCUT2D eigenvalue weighted by atomic mass is 16.3. The van der Waals surface area contributed by atoms with E-state index in [1.165, 1.54) is 6.07 Å². The number of nitrogens with one attached hydrogen (secondary N) is 1. The first-order valence-electron chi connectivity index (χ1n) is 7.15. The minimum Gasteiger partial charge on any atom is -0.508 e. The van der Waals surface area contributed by atoms with E-state index in [-0.39, 0.29) is 30.3 Å². The Hall–Kier alpha value is -2.62. The molecule has 0 saturated heterocycles. The Bertz CT molecular complexity index is 693. The van der Waals surface area contributed by atoms with Gasteiger partial charge in [-0.05, 0) is 25.0 Å². The summed E-state index contributed by atoms with van der Waals surface area (Å²) in [6.07, 6.45) is 0.272. The number of amides is 1. The second kappa shape index (κ2) is 6.89. The number of anilines is 1. The molecule has 0 heterocycles. The molecule has 2 N–H and O–H groups in total. The number of rotatable bonds is 5. The van der Waals surface area contributed by atoms with Crippen LogP contribution in [0.5, 0.6) is 5.75 Å². The van der Waals surface area contributed by atoms with Crippen LogP contribution >= 0.6 is 0 Å². The van der Waals surface area contributed by atoms with Crippen LogP contribution < -0.4 is 5.32 Å². The zero-order valence-corrected chi connectivity index (χ0v) is 12.7. The van der Waals surface area contributed by atoms with E-state index in [0.717, 1.165) is 11.1 Å². The summed E-state index contributed by atoms with van der Waals surface area (Å²) in [7, 11) is 0. The lowest BCUT2D eigenvalue weighted by atomic mass is 10.1. The van der Waals surface area contributed by atoms with Crippen molar-refractivity contribution in [3.63, 3.8) is 0 Å². The molecule has 0 aliphatic rings. The van der Waals surface area contributed by atoms with Crippen LogP contribution in [0.2, 0.25) is 0 Å². The van der Waals surface area contributed by atoms with Crippen molar-refractivity contribution in [3.05, 3.63) is 59.2 Å². The Morgan fingerprint density at radius 1 is 1.00 bits per heavy atom. The third kappa shape index (κ3) is 3.95. The summed E-state index contributed by atoms with van der Waals surface area (Å²) < 4.78 is 0. The first kappa shape index (κ1) is 15.8. The molecule has 114 valence electrons. The Labute approximate surface area is 129 Å². The van der Waals surface area contributed by atoms with Crippen molar-refractivity contribution in [2.24, 2.45) is 0 Å². The smallest absolute Gasteiger partial charge is 0.224 e. The number of hydrogen-bond donors (Lipinski definition) is 2. The molecule has 4 heteroatoms. The maximum absolute atomic E-state index is 12.0. The molecular formula is C18H19NO3. The number of hydrogen-bond acceptors (Lipinski definition) is 3. The lowest BCUT2D eigenvalue weighted by Gasteiger charge is -2.10. The van der Waals surface area contributed by atoms with Gasteiger partial charge in [0.05, 0.1) is 0 Å². The summed E-state index contributed by atoms with van der Waals surface area (Å²) >= 11 is 0. The van der Waals surface area contributed by atoms with Crippen molar-refractivity contribution in [1.29, 1.82) is 0 Å². The van der Waals surface area contributed by atoms with Gasteiger partial charge >= 0.3 is 0 Å². The molecule has 0 radical (unpaired) electrons. The number of aromatic hydroxyl groups is 1. The predicted octanol–water partition coefficient (Wildman–Crippen LogP) is 3.61. The van der Waals surface area contributed by atoms with E-state index in [2.05, 4.69) is 5.32 Å². The number of ketones is 1. The molecule has 0 fully saturated rings. The van der Waals surface area contributed by atoms with Gasteiger partial charge in [-0.15, -0.1) is 0 Å². The summed E-state index contributed by atoms with van der Waals surface area (Å²) in [6.45, 7) is 3.66. The van der Waals surface area contributed by atoms with Crippen molar-refractivity contribution in [2.75, 3.05) is 5.32 Å². The lowest BCUT2D eigenvalue weighted by molar-refractivity contribution is -0.116. The fraction of sp³-hybridized carbons (Fsp3) is 0.222. The third-order valence-electron chi connectivity index (χ3n) is 3.49. The molecule has 0 aromatic heterocycles. The number of benzene rings is 2. The zero-order valence-electron chi connectivity index (χ0n) is 12.7. The first-order valence-corrected chi connectivity index (χ1v) is 7.15. The molecule has 4 nitrogen and oxygen atoms in total. The summed E-state index contributed by atoms with van der Waals surface area (Å²) in [5, 5.41) is 12.4. The van der Waals surface area contributed by atoms with E-state index in [1.54, 1.807) is 37.3 Å². The number of phenolic OH excluding ortho intramolecular Hbond substituents is 1. The highest BCUT2D eigenvalue weighted by Gasteiger charge is 2.11. The number of phenols is 1. The van der Waals surface area contributed by atoms with E-state index in [4.69, 9.17) is 0 Å². The topological polar surface area (TPSA) is 66.4 Å². The van der Waals surface area contributed by atoms with Gasteiger partial charge in [-0.1, -0.05) is 36.4 Å². The number of Topliss-reactive ketones (excluding diaryl/α,β-unsaturated/α-hetero) is 1. The highest BCUT2D eigenvalue weighted by molar-refractivity contribution is 6.00. The van der Waals surface area contributed by atoms with Gasteiger partial charge in [-0.3, -0.25) is 9.59 Å². The summed E-state index contributed by atoms with van der Waals surface area (Å²) in [5.41, 5.74) is 2.81. The summed E-state index contributed by atoms with van der Waals surface area (Å²) in [5.74, 6) is -0.156. The lowest BCUT2D eigenvalue weighted by Crippen LogP contribution is -2.14. The van der Waals surface area contributed by atoms with E-state index >= 15 is 0 Å². The standard InChI is InChI=1S/C18H19NO3/c1-12-10-13(2)17(21)11-15(12)19-18(22)9-8-16(20)14-6-4-3-5-7-14/h3-7,10-11,21H,8-9H2,1-2H3,(H,19,22). The molecule has 22 heavy (non-hydrogen) atoms. The molecule has 0 unspecified atom stereocenters. The average molecular weight is 297 g/mol. The van der Waals surface area contributed by atoms with Crippen molar-refractivity contribution in [1.82, 2.24) is 0 Å². The maximum Gasteiger partial charge on any atom is 0.224 e. The number of aryl methyl sites for hydroxylation is 2. The van der Waals surface area contributed by atoms with Gasteiger partial charge in [0.15, 0.2) is 5.78 Å². The van der Waals surface area contributed by atoms with E-state index in [9.17, 15) is 14.7 Å². The molecular weight excluding hydrogens is 278 g/mol. The Morgan fingerprint density at radius 3 is 2.36 bits per heavy atom. The van der Waals surface area contributed by atoms with Gasteiger partial charge in [0, 0.05) is 30.2 Å². The van der Waals surface area contributed by atoms with Crippen LogP contribution in [0, 0.1) is 13.8 Å². The average Bonchev–Trinajstić information content (AvgIpc) is 2.51. The normalized spacial score (nSPS) is 10.3. The third-order valence-corrected chi connectivity index (χ3v) is 3.49. The zero-order chi connectivity index (χ0) is 16.1. The van der Waals surface area contributed by atoms with Gasteiger partial charge < -0.3 is 10.4 Å². The van der Waals surface area contributed by atoms with Crippen LogP contribution in [0.1, 0.15) is 34.3 Å². The Morgan fingerprint density at radius 2 is 1.68 bits per heavy atom. The van der Waals surface area contributed by atoms with Crippen molar-refractivity contribution in [3.8, 4) is 5.75 Å². The fourth-order valence-corrected chi connectivity index (χ4v) is 2.18. The maximum atomic E-state index is 12.0. The second-order valence-electron chi connectivity index (χ2n) is 5.29. The van der Waals surface area contributed by atoms with Crippen LogP contribution in [-0.4, -0.2) is 16.8 Å². The first-order chi connectivity index (χ1) is 10.5. The predicted molar refractivity (Wildman–Crippen MR) is 86.2 cm³/mol. The van der Waals surface area contributed by atoms with E-state index < -0.39 is 0 Å². The molecule has 0 atom stereocenters. The molecule has 0 spiro atoms. The van der Waals surface area contributed by atoms with Crippen LogP contribution in [0.3, 0.4) is 0 Å². The quantitative estimate of drug-likeness (QED) is 0.828. The van der Waals surface area contributed by atoms with Gasteiger partial charge in [0.1, 0.15) is 5.75 Å². The molecule has 0 bridgehead atoms. The molecule has 0 saturated carbocycles. The minimum atomic E-state index is -0.240. The van der Waals surface area contributed by atoms with E-state index in [0.29, 0.717) is 11.3 Å². The summed E-state index contributed by atoms with van der Waals surface area (Å²) in [6, 6.07) is 12.3. The second-order valence-corrected chi connectivity index (χ2v) is 5.29. The molecule has 0 aliphatic carbocycles. The summed E-state index contributed by atoms with van der Waals surface area (Å²) in [4.78, 5) is 23.9. The van der Waals surface area contributed by atoms with Gasteiger partial charge in [0.2, 0.25) is 5.91 Å². The molecule has 2 aromatic rings. The largest absolute Gasteiger partial charge is 0.508 e. The SMILES string of the molecule is Cc1cc(C)c(NC(=O)CCC(=O)c2ccccc2)cc1O. The molecule has 1 amide bonds. The van der Waals surface area contributed by atoms with Crippen molar-refractivity contribution in [2.45, 2.75) is 26.7 Å². The Kier molecular flexibility index (Phi) is 4.94. The fourth-order valence-electron chi connectivity index (χ4n) is 2.18. The Balaban J connectivity index is 1.94. The van der Waals surface area contributed by atoms with Gasteiger partial charge in [0.25, 0.3) is 0 Å². The molecule has 2 rings (SSSR count). The van der Waals surface area contributed by atoms with Gasteiger partial charge in [-0.2, -0.15) is 0 Å². The number of carbonyl (C=O) groups excluding carboxylic acids is 2. The van der Waals surface area contributed by atoms with Crippen LogP contribution in [-0.2, 0) is 4.79 Å². The van der Waals surface area contributed by atoms with Crippen LogP contribution in [0.15, 0.2) is 42.5 Å². The monoisotopic (exact) mass is 297 g/mol. The molecule has 0 aliphatic heterocycles. The van der Waals surface area contributed by atoms with Crippen molar-refractivity contribution < 1.29 is 14.7 Å². The molecule has 2 aromatic carbocycles. The highest BCUT2D eigenvalue weighted by Crippen LogP contribution is 2.25. The minimum absolute atomic E-state index is 0.0563. The number of carbonyl (C=O) groups is 2. The van der Waals surface area contributed by atoms with Gasteiger partial charge in [-0.25, -0.2) is 0 Å². The van der Waals surface area contributed by atoms with Crippen LogP contribution in [0.4, 0.5) is 5.69 Å². The van der Waals surface area contributed by atoms with Crippen molar-refractivity contribution >= 4 is 17.4 Å². The van der Waals surface area contributed by atoms with Crippen LogP contribution in [0.25, 0.3) is 0 Å². The van der Waals surface area contributed by atoms with E-state index in [1.807, 2.05) is 13.0 Å².